The minimum atomic E-state index is 0.185. The molecule has 0 spiro atoms. The summed E-state index contributed by atoms with van der Waals surface area (Å²) in [5, 5.41) is 48.2. The standard InChI is InChI=1S/C21H28N6O2.C14H14ClN5O/c1-2-17-14-23-27-19(22-13-16-6-5-9-25(29)15-16)12-20(24-21(17)27)26-10-4-3-7-18(26)8-11-28;1-2-11-8-17-20-13(6-12(15)18-14(11)20)16-7-10-4-3-5-19(21)9-10/h5-6,9,12,14-15,18,22,28H,2-4,7-8,10-11,13H2,1H3;3-6,8-9,16H,2,7H2,1H3/t18-;/m0./s1. The van der Waals surface area contributed by atoms with E-state index >= 15 is 0 Å². The maximum atomic E-state index is 11.5. The van der Waals surface area contributed by atoms with Crippen molar-refractivity contribution in [2.24, 2.45) is 0 Å². The van der Waals surface area contributed by atoms with Crippen molar-refractivity contribution >= 4 is 40.3 Å². The van der Waals surface area contributed by atoms with Crippen LogP contribution in [0.1, 0.15) is 61.8 Å². The van der Waals surface area contributed by atoms with Crippen LogP contribution >= 0.6 is 11.6 Å². The van der Waals surface area contributed by atoms with Crippen LogP contribution in [-0.2, 0) is 25.9 Å². The number of aliphatic hydroxyl groups excluding tert-OH is 1. The molecule has 0 saturated carbocycles. The number of halogens is 1. The summed E-state index contributed by atoms with van der Waals surface area (Å²) in [6.07, 6.45) is 15.5. The Morgan fingerprint density at radius 1 is 0.860 bits per heavy atom. The Morgan fingerprint density at radius 2 is 1.44 bits per heavy atom. The smallest absolute Gasteiger partial charge is 0.185 e. The molecule has 14 nitrogen and oxygen atoms in total. The zero-order valence-electron chi connectivity index (χ0n) is 28.2. The number of anilines is 3. The van der Waals surface area contributed by atoms with Gasteiger partial charge in [-0.05, 0) is 50.7 Å². The summed E-state index contributed by atoms with van der Waals surface area (Å²) in [5.74, 6) is 2.51. The SMILES string of the molecule is CCc1cnn2c(NCc3ccc[n+]([O-])c3)cc(Cl)nc12.CCc1cnn2c(NCc3ccc[n+]([O-])c3)cc(N3CCCC[C@H]3CCO)nc12. The molecule has 15 heteroatoms. The zero-order chi connectivity index (χ0) is 35.0. The number of pyridine rings is 2. The van der Waals surface area contributed by atoms with Crippen molar-refractivity contribution in [2.45, 2.75) is 71.5 Å². The molecule has 6 aromatic heterocycles. The van der Waals surface area contributed by atoms with Gasteiger partial charge < -0.3 is 31.1 Å². The second-order valence-corrected chi connectivity index (χ2v) is 12.6. The Hall–Kier alpha value is -5.21. The number of fused-ring (bicyclic) bond motifs is 2. The van der Waals surface area contributed by atoms with Gasteiger partial charge in [0.15, 0.2) is 36.1 Å². The van der Waals surface area contributed by atoms with Gasteiger partial charge in [0.05, 0.1) is 12.4 Å². The Morgan fingerprint density at radius 3 is 2.00 bits per heavy atom. The molecule has 1 saturated heterocycles. The van der Waals surface area contributed by atoms with Gasteiger partial charge in [-0.15, -0.1) is 0 Å². The third-order valence-electron chi connectivity index (χ3n) is 8.81. The van der Waals surface area contributed by atoms with E-state index in [1.807, 2.05) is 35.8 Å². The molecule has 50 heavy (non-hydrogen) atoms. The molecule has 0 aromatic carbocycles. The highest BCUT2D eigenvalue weighted by atomic mass is 35.5. The molecule has 0 amide bonds. The van der Waals surface area contributed by atoms with Gasteiger partial charge in [0.1, 0.15) is 22.6 Å². The van der Waals surface area contributed by atoms with Crippen LogP contribution < -0.4 is 25.0 Å². The lowest BCUT2D eigenvalue weighted by atomic mass is 9.99. The molecule has 0 radical (unpaired) electrons. The molecule has 1 aliphatic heterocycles. The summed E-state index contributed by atoms with van der Waals surface area (Å²) in [7, 11) is 0. The third kappa shape index (κ3) is 7.98. The average Bonchev–Trinajstić information content (AvgIpc) is 3.74. The van der Waals surface area contributed by atoms with E-state index in [2.05, 4.69) is 37.6 Å². The van der Waals surface area contributed by atoms with Crippen LogP contribution in [-0.4, -0.2) is 53.5 Å². The summed E-state index contributed by atoms with van der Waals surface area (Å²) in [6.45, 7) is 6.29. The van der Waals surface area contributed by atoms with E-state index in [9.17, 15) is 15.5 Å². The van der Waals surface area contributed by atoms with Crippen molar-refractivity contribution in [3.8, 4) is 0 Å². The molecule has 262 valence electrons. The second kappa shape index (κ2) is 16.0. The van der Waals surface area contributed by atoms with E-state index in [4.69, 9.17) is 16.6 Å². The summed E-state index contributed by atoms with van der Waals surface area (Å²) in [5.41, 5.74) is 5.51. The summed E-state index contributed by atoms with van der Waals surface area (Å²) in [6, 6.07) is 11.3. The van der Waals surface area contributed by atoms with Crippen LogP contribution in [0.5, 0.6) is 0 Å². The van der Waals surface area contributed by atoms with Crippen LogP contribution in [0, 0.1) is 10.4 Å². The number of piperidine rings is 1. The minimum Gasteiger partial charge on any atom is -0.619 e. The first-order chi connectivity index (χ1) is 24.4. The van der Waals surface area contributed by atoms with Gasteiger partial charge in [-0.2, -0.15) is 28.7 Å². The van der Waals surface area contributed by atoms with E-state index < -0.39 is 0 Å². The monoisotopic (exact) mass is 699 g/mol. The molecule has 7 heterocycles. The Balaban J connectivity index is 0.000000182. The maximum Gasteiger partial charge on any atom is 0.185 e. The number of rotatable bonds is 11. The van der Waals surface area contributed by atoms with E-state index in [1.54, 1.807) is 35.1 Å². The highest BCUT2D eigenvalue weighted by Crippen LogP contribution is 2.29. The number of aryl methyl sites for hydroxylation is 2. The average molecular weight is 700 g/mol. The number of hydrogen-bond donors (Lipinski definition) is 3. The summed E-state index contributed by atoms with van der Waals surface area (Å²) in [4.78, 5) is 11.6. The van der Waals surface area contributed by atoms with Crippen LogP contribution in [0.15, 0.2) is 73.6 Å². The Kier molecular flexibility index (Phi) is 11.1. The van der Waals surface area contributed by atoms with E-state index in [-0.39, 0.29) is 6.61 Å². The van der Waals surface area contributed by atoms with Gasteiger partial charge in [-0.3, -0.25) is 0 Å². The molecule has 3 N–H and O–H groups in total. The van der Waals surface area contributed by atoms with Gasteiger partial charge >= 0.3 is 0 Å². The highest BCUT2D eigenvalue weighted by molar-refractivity contribution is 6.29. The fourth-order valence-electron chi connectivity index (χ4n) is 6.22. The number of hydrogen-bond acceptors (Lipinski definition) is 10. The topological polar surface area (TPSA) is 162 Å². The minimum absolute atomic E-state index is 0.185. The summed E-state index contributed by atoms with van der Waals surface area (Å²) >= 11 is 6.07. The molecule has 1 fully saturated rings. The molecule has 7 rings (SSSR count). The molecular formula is C35H42ClN11O3. The van der Waals surface area contributed by atoms with Crippen molar-refractivity contribution in [1.82, 2.24) is 29.2 Å². The normalized spacial score (nSPS) is 14.5. The predicted octanol–water partition coefficient (Wildman–Crippen LogP) is 4.47. The highest BCUT2D eigenvalue weighted by Gasteiger charge is 2.25. The fourth-order valence-corrected chi connectivity index (χ4v) is 6.40. The van der Waals surface area contributed by atoms with E-state index in [1.165, 1.54) is 25.0 Å². The zero-order valence-corrected chi connectivity index (χ0v) is 29.0. The quantitative estimate of drug-likeness (QED) is 0.1000. The third-order valence-corrected chi connectivity index (χ3v) is 9.00. The van der Waals surface area contributed by atoms with Crippen molar-refractivity contribution in [3.63, 3.8) is 0 Å². The number of aromatic nitrogens is 8. The van der Waals surface area contributed by atoms with E-state index in [0.29, 0.717) is 24.3 Å². The number of aliphatic hydroxyl groups is 1. The van der Waals surface area contributed by atoms with Gasteiger partial charge in [-0.1, -0.05) is 25.4 Å². The number of nitrogens with zero attached hydrogens (tertiary/aromatic N) is 9. The molecule has 0 unspecified atom stereocenters. The van der Waals surface area contributed by atoms with Gasteiger partial charge in [0, 0.05) is 78.8 Å². The lowest BCUT2D eigenvalue weighted by Crippen LogP contribution is -2.40. The largest absolute Gasteiger partial charge is 0.619 e. The van der Waals surface area contributed by atoms with Gasteiger partial charge in [-0.25, -0.2) is 9.97 Å². The van der Waals surface area contributed by atoms with E-state index in [0.717, 1.165) is 99.1 Å². The summed E-state index contributed by atoms with van der Waals surface area (Å²) < 4.78 is 5.14. The first kappa shape index (κ1) is 34.6. The number of nitrogens with one attached hydrogen (secondary N) is 2. The lowest BCUT2D eigenvalue weighted by molar-refractivity contribution is -0.606. The van der Waals surface area contributed by atoms with Crippen LogP contribution in [0.4, 0.5) is 17.5 Å². The molecule has 6 aromatic rings. The lowest BCUT2D eigenvalue weighted by Gasteiger charge is -2.36. The molecular weight excluding hydrogens is 658 g/mol. The first-order valence-electron chi connectivity index (χ1n) is 17.0. The van der Waals surface area contributed by atoms with Crippen molar-refractivity contribution in [2.75, 3.05) is 28.7 Å². The van der Waals surface area contributed by atoms with Crippen LogP contribution in [0.2, 0.25) is 5.15 Å². The predicted molar refractivity (Wildman–Crippen MR) is 192 cm³/mol. The van der Waals surface area contributed by atoms with Crippen LogP contribution in [0.3, 0.4) is 0 Å². The Labute approximate surface area is 295 Å². The molecule has 0 aliphatic carbocycles. The van der Waals surface area contributed by atoms with Gasteiger partial charge in [0.25, 0.3) is 0 Å². The first-order valence-corrected chi connectivity index (χ1v) is 17.4. The second-order valence-electron chi connectivity index (χ2n) is 12.2. The molecule has 1 aliphatic rings. The molecule has 1 atom stereocenters. The fraction of sp³-hybridized carbons (Fsp3) is 0.371. The molecule has 0 bridgehead atoms. The van der Waals surface area contributed by atoms with Crippen LogP contribution in [0.25, 0.3) is 11.3 Å². The Bertz CT molecular complexity index is 2050. The van der Waals surface area contributed by atoms with Gasteiger partial charge in [0.2, 0.25) is 0 Å². The maximum absolute atomic E-state index is 11.5. The van der Waals surface area contributed by atoms with Crippen molar-refractivity contribution < 1.29 is 14.6 Å². The van der Waals surface area contributed by atoms with Crippen molar-refractivity contribution in [1.29, 1.82) is 0 Å². The van der Waals surface area contributed by atoms with Crippen molar-refractivity contribution in [3.05, 3.63) is 111 Å².